The molecule has 2 aromatic carbocycles. The van der Waals surface area contributed by atoms with Crippen LogP contribution in [-0.4, -0.2) is 54.2 Å². The third kappa shape index (κ3) is 4.01. The number of aliphatic hydroxyl groups is 1. The summed E-state index contributed by atoms with van der Waals surface area (Å²) in [7, 11) is 2.91. The zero-order valence-electron chi connectivity index (χ0n) is 17.6. The van der Waals surface area contributed by atoms with Crippen LogP contribution in [0.1, 0.15) is 22.2 Å². The first-order chi connectivity index (χ1) is 15.8. The molecule has 1 aromatic heterocycles. The number of nitrogens with zero attached hydrogens (tertiary/aromatic N) is 1. The van der Waals surface area contributed by atoms with E-state index in [9.17, 15) is 19.8 Å². The molecule has 2 heterocycles. The zero-order chi connectivity index (χ0) is 23.9. The minimum absolute atomic E-state index is 0.0351. The van der Waals surface area contributed by atoms with Gasteiger partial charge in [-0.15, -0.1) is 0 Å². The lowest BCUT2D eigenvalue weighted by atomic mass is 9.95. The number of hydrogen-bond acceptors (Lipinski definition) is 7. The number of ketones is 1. The van der Waals surface area contributed by atoms with Crippen LogP contribution in [0.25, 0.3) is 11.0 Å². The molecular weight excluding hydrogens is 473 g/mol. The fraction of sp³-hybridized carbons (Fsp3) is 0.217. The van der Waals surface area contributed by atoms with E-state index in [0.717, 1.165) is 0 Å². The highest BCUT2D eigenvalue weighted by Crippen LogP contribution is 2.42. The minimum atomic E-state index is -0.975. The largest absolute Gasteiger partial charge is 0.506 e. The van der Waals surface area contributed by atoms with Gasteiger partial charge in [0, 0.05) is 30.1 Å². The van der Waals surface area contributed by atoms with Crippen LogP contribution >= 0.6 is 23.2 Å². The van der Waals surface area contributed by atoms with Gasteiger partial charge in [0.25, 0.3) is 5.91 Å². The number of furan rings is 1. The number of Topliss-reactive ketones (excluding diaryl/α,β-unsaturated/α-hetero) is 1. The van der Waals surface area contributed by atoms with Gasteiger partial charge in [0.05, 0.1) is 30.4 Å². The van der Waals surface area contributed by atoms with Crippen molar-refractivity contribution in [2.75, 3.05) is 27.4 Å². The maximum Gasteiger partial charge on any atom is 0.290 e. The lowest BCUT2D eigenvalue weighted by molar-refractivity contribution is -0.130. The number of carbonyl (C=O) groups excluding carboxylic acids is 2. The topological polar surface area (TPSA) is 109 Å². The van der Waals surface area contributed by atoms with E-state index >= 15 is 0 Å². The third-order valence-corrected chi connectivity index (χ3v) is 5.88. The predicted octanol–water partition coefficient (Wildman–Crippen LogP) is 4.68. The van der Waals surface area contributed by atoms with Crippen LogP contribution in [0.3, 0.4) is 0 Å². The average molecular weight is 492 g/mol. The molecule has 0 radical (unpaired) electrons. The highest BCUT2D eigenvalue weighted by Gasteiger charge is 2.44. The maximum atomic E-state index is 13.5. The fourth-order valence-electron chi connectivity index (χ4n) is 3.83. The Bertz CT molecular complexity index is 1300. The van der Waals surface area contributed by atoms with Gasteiger partial charge in [0.1, 0.15) is 5.75 Å². The van der Waals surface area contributed by atoms with Gasteiger partial charge in [-0.25, -0.2) is 0 Å². The molecule has 3 aromatic rings. The molecule has 1 aliphatic heterocycles. The number of fused-ring (bicyclic) bond motifs is 1. The van der Waals surface area contributed by atoms with Crippen LogP contribution < -0.4 is 4.74 Å². The van der Waals surface area contributed by atoms with Gasteiger partial charge in [-0.2, -0.15) is 0 Å². The van der Waals surface area contributed by atoms with Crippen LogP contribution in [0, 0.1) is 0 Å². The van der Waals surface area contributed by atoms with Crippen molar-refractivity contribution in [2.24, 2.45) is 0 Å². The molecule has 1 unspecified atom stereocenters. The molecule has 1 atom stereocenters. The summed E-state index contributed by atoms with van der Waals surface area (Å²) >= 11 is 12.2. The molecule has 10 heteroatoms. The Balaban J connectivity index is 1.84. The molecule has 0 aliphatic carbocycles. The van der Waals surface area contributed by atoms with Crippen molar-refractivity contribution in [3.05, 3.63) is 69.1 Å². The van der Waals surface area contributed by atoms with Gasteiger partial charge in [-0.1, -0.05) is 29.3 Å². The van der Waals surface area contributed by atoms with Gasteiger partial charge in [-0.05, 0) is 29.8 Å². The number of methoxy groups -OCH3 is 2. The molecule has 4 rings (SSSR count). The number of rotatable bonds is 7. The first-order valence-electron chi connectivity index (χ1n) is 9.80. The fourth-order valence-corrected chi connectivity index (χ4v) is 4.23. The van der Waals surface area contributed by atoms with E-state index in [1.807, 2.05) is 0 Å². The molecule has 0 spiro atoms. The van der Waals surface area contributed by atoms with Gasteiger partial charge in [-0.3, -0.25) is 9.59 Å². The monoisotopic (exact) mass is 491 g/mol. The smallest absolute Gasteiger partial charge is 0.290 e. The van der Waals surface area contributed by atoms with Crippen LogP contribution in [-0.2, 0) is 9.53 Å². The second-order valence-corrected chi connectivity index (χ2v) is 8.18. The van der Waals surface area contributed by atoms with E-state index in [0.29, 0.717) is 27.3 Å². The van der Waals surface area contributed by atoms with E-state index in [1.54, 1.807) is 12.1 Å². The van der Waals surface area contributed by atoms with Crippen molar-refractivity contribution < 1.29 is 33.7 Å². The van der Waals surface area contributed by atoms with Crippen LogP contribution in [0.4, 0.5) is 0 Å². The molecular formula is C23H19Cl2NO7. The molecule has 172 valence electrons. The minimum Gasteiger partial charge on any atom is -0.506 e. The first-order valence-corrected chi connectivity index (χ1v) is 10.6. The quantitative estimate of drug-likeness (QED) is 0.461. The highest BCUT2D eigenvalue weighted by atomic mass is 35.5. The Labute approximate surface area is 198 Å². The molecule has 0 fully saturated rings. The second-order valence-electron chi connectivity index (χ2n) is 7.33. The van der Waals surface area contributed by atoms with Crippen LogP contribution in [0.2, 0.25) is 10.0 Å². The summed E-state index contributed by atoms with van der Waals surface area (Å²) in [6, 6.07) is 7.95. The van der Waals surface area contributed by atoms with Crippen molar-refractivity contribution in [3.8, 4) is 11.5 Å². The maximum absolute atomic E-state index is 13.5. The number of hydrogen-bond donors (Lipinski definition) is 2. The lowest BCUT2D eigenvalue weighted by Crippen LogP contribution is -2.34. The summed E-state index contributed by atoms with van der Waals surface area (Å²) in [4.78, 5) is 27.7. The summed E-state index contributed by atoms with van der Waals surface area (Å²) < 4.78 is 16.1. The Morgan fingerprint density at radius 2 is 1.91 bits per heavy atom. The number of ether oxygens (including phenoxy) is 2. The standard InChI is InChI=1S/C23H19Cl2NO7/c1-31-6-5-26-19(11-3-4-15(27)14(25)8-11)18(21(29)23(26)30)20(28)16-9-12-7-13(24)10-17(32-2)22(12)33-16/h3-4,7-10,19,27,29H,5-6H2,1-2H3. The summed E-state index contributed by atoms with van der Waals surface area (Å²) in [5.41, 5.74) is 0.545. The summed E-state index contributed by atoms with van der Waals surface area (Å²) in [6.45, 7) is 0.270. The average Bonchev–Trinajstić information content (AvgIpc) is 3.32. The molecule has 0 saturated carbocycles. The molecule has 8 nitrogen and oxygen atoms in total. The van der Waals surface area contributed by atoms with Gasteiger partial charge in [0.15, 0.2) is 22.9 Å². The van der Waals surface area contributed by atoms with Gasteiger partial charge in [0.2, 0.25) is 5.78 Å². The number of benzene rings is 2. The van der Waals surface area contributed by atoms with E-state index in [-0.39, 0.29) is 35.3 Å². The number of aromatic hydroxyl groups is 1. The first kappa shape index (κ1) is 23.0. The van der Waals surface area contributed by atoms with E-state index in [1.165, 1.54) is 43.4 Å². The van der Waals surface area contributed by atoms with Crippen LogP contribution in [0.15, 0.2) is 52.1 Å². The number of phenolic OH excluding ortho intramolecular Hbond substituents is 1. The molecule has 33 heavy (non-hydrogen) atoms. The SMILES string of the molecule is COCCN1C(=O)C(O)=C(C(=O)c2cc3cc(Cl)cc(OC)c3o2)C1c1ccc(O)c(Cl)c1. The molecule has 1 aliphatic rings. The summed E-state index contributed by atoms with van der Waals surface area (Å²) in [6.07, 6.45) is 0. The van der Waals surface area contributed by atoms with Crippen molar-refractivity contribution in [1.29, 1.82) is 0 Å². The predicted molar refractivity (Wildman–Crippen MR) is 121 cm³/mol. The van der Waals surface area contributed by atoms with Gasteiger partial charge < -0.3 is 29.0 Å². The number of halogens is 2. The third-order valence-electron chi connectivity index (χ3n) is 5.36. The number of amides is 1. The highest BCUT2D eigenvalue weighted by molar-refractivity contribution is 6.32. The van der Waals surface area contributed by atoms with Crippen molar-refractivity contribution in [3.63, 3.8) is 0 Å². The second kappa shape index (κ2) is 8.97. The number of phenols is 1. The van der Waals surface area contributed by atoms with Crippen molar-refractivity contribution in [2.45, 2.75) is 6.04 Å². The van der Waals surface area contributed by atoms with Gasteiger partial charge >= 0.3 is 0 Å². The van der Waals surface area contributed by atoms with Crippen molar-refractivity contribution >= 4 is 45.9 Å². The molecule has 1 amide bonds. The van der Waals surface area contributed by atoms with E-state index in [2.05, 4.69) is 0 Å². The Kier molecular flexibility index (Phi) is 6.25. The lowest BCUT2D eigenvalue weighted by Gasteiger charge is -2.26. The zero-order valence-corrected chi connectivity index (χ0v) is 19.1. The van der Waals surface area contributed by atoms with E-state index < -0.39 is 23.5 Å². The van der Waals surface area contributed by atoms with E-state index in [4.69, 9.17) is 37.1 Å². The van der Waals surface area contributed by atoms with Crippen molar-refractivity contribution in [1.82, 2.24) is 4.90 Å². The summed E-state index contributed by atoms with van der Waals surface area (Å²) in [5.74, 6) is -2.05. The summed E-state index contributed by atoms with van der Waals surface area (Å²) in [5, 5.41) is 21.4. The van der Waals surface area contributed by atoms with Crippen LogP contribution in [0.5, 0.6) is 11.5 Å². The molecule has 2 N–H and O–H groups in total. The number of aliphatic hydroxyl groups excluding tert-OH is 1. The molecule has 0 saturated heterocycles. The number of carbonyl (C=O) groups is 2. The molecule has 0 bridgehead atoms. The normalized spacial score (nSPS) is 16.2. The Hall–Kier alpha value is -3.20. The Morgan fingerprint density at radius 1 is 1.15 bits per heavy atom. The Morgan fingerprint density at radius 3 is 2.58 bits per heavy atom.